The summed E-state index contributed by atoms with van der Waals surface area (Å²) in [6.07, 6.45) is 1.56. The molecule has 0 fully saturated rings. The van der Waals surface area contributed by atoms with Crippen molar-refractivity contribution in [1.29, 1.82) is 0 Å². The van der Waals surface area contributed by atoms with Gasteiger partial charge < -0.3 is 9.15 Å². The standard InChI is InChI=1S/C23H15BrClIN2O3/c24-17-9-14(10-19(26)22(17)30-13-16-6-1-3-7-18(16)25)12-27-28-23(29)21-11-15-5-2-4-8-20(15)31-21/h1-12H,13H2,(H,28,29)/b27-12+. The van der Waals surface area contributed by atoms with Crippen LogP contribution in [0.2, 0.25) is 5.02 Å². The fourth-order valence-electron chi connectivity index (χ4n) is 2.87. The van der Waals surface area contributed by atoms with Crippen molar-refractivity contribution in [3.8, 4) is 5.75 Å². The van der Waals surface area contributed by atoms with Crippen LogP contribution in [0, 0.1) is 3.57 Å². The molecule has 0 saturated heterocycles. The highest BCUT2D eigenvalue weighted by atomic mass is 127. The van der Waals surface area contributed by atoms with Crippen LogP contribution in [0.3, 0.4) is 0 Å². The molecule has 4 aromatic rings. The van der Waals surface area contributed by atoms with Crippen LogP contribution >= 0.6 is 50.1 Å². The quantitative estimate of drug-likeness (QED) is 0.149. The summed E-state index contributed by atoms with van der Waals surface area (Å²) in [7, 11) is 0. The number of rotatable bonds is 6. The normalized spacial score (nSPS) is 11.2. The Kier molecular flexibility index (Phi) is 6.94. The molecule has 8 heteroatoms. The van der Waals surface area contributed by atoms with Crippen molar-refractivity contribution in [3.63, 3.8) is 0 Å². The average molecular weight is 610 g/mol. The van der Waals surface area contributed by atoms with E-state index in [4.69, 9.17) is 20.8 Å². The van der Waals surface area contributed by atoms with E-state index < -0.39 is 5.91 Å². The molecule has 3 aromatic carbocycles. The molecule has 0 bridgehead atoms. The van der Waals surface area contributed by atoms with Crippen molar-refractivity contribution in [3.05, 3.63) is 96.7 Å². The molecule has 0 spiro atoms. The molecule has 1 heterocycles. The first-order valence-electron chi connectivity index (χ1n) is 9.18. The fourth-order valence-corrected chi connectivity index (χ4v) is 4.83. The third kappa shape index (κ3) is 5.28. The van der Waals surface area contributed by atoms with Crippen molar-refractivity contribution in [1.82, 2.24) is 5.43 Å². The summed E-state index contributed by atoms with van der Waals surface area (Å²) in [6, 6.07) is 20.4. The third-order valence-corrected chi connectivity index (χ3v) is 6.14. The summed E-state index contributed by atoms with van der Waals surface area (Å²) in [5.74, 6) is 0.502. The molecule has 0 aliphatic carbocycles. The molecule has 1 aromatic heterocycles. The number of carbonyl (C=O) groups is 1. The van der Waals surface area contributed by atoms with Gasteiger partial charge in [-0.15, -0.1) is 0 Å². The molecular weight excluding hydrogens is 595 g/mol. The largest absolute Gasteiger partial charge is 0.487 e. The third-order valence-electron chi connectivity index (χ3n) is 4.38. The van der Waals surface area contributed by atoms with Gasteiger partial charge in [0.15, 0.2) is 5.76 Å². The number of nitrogens with zero attached hydrogens (tertiary/aromatic N) is 1. The average Bonchev–Trinajstić information content (AvgIpc) is 3.19. The Labute approximate surface area is 205 Å². The summed E-state index contributed by atoms with van der Waals surface area (Å²) in [5, 5.41) is 5.57. The maximum atomic E-state index is 12.3. The van der Waals surface area contributed by atoms with Crippen LogP contribution in [0.4, 0.5) is 0 Å². The Hall–Kier alpha value is -2.36. The van der Waals surface area contributed by atoms with E-state index in [1.165, 1.54) is 0 Å². The van der Waals surface area contributed by atoms with Crippen molar-refractivity contribution < 1.29 is 13.9 Å². The monoisotopic (exact) mass is 608 g/mol. The van der Waals surface area contributed by atoms with E-state index in [-0.39, 0.29) is 5.76 Å². The van der Waals surface area contributed by atoms with Gasteiger partial charge in [0.25, 0.3) is 0 Å². The lowest BCUT2D eigenvalue weighted by molar-refractivity contribution is 0.0929. The van der Waals surface area contributed by atoms with Crippen LogP contribution in [0.5, 0.6) is 5.75 Å². The second kappa shape index (κ2) is 9.84. The molecule has 31 heavy (non-hydrogen) atoms. The van der Waals surface area contributed by atoms with E-state index >= 15 is 0 Å². The minimum atomic E-state index is -0.416. The van der Waals surface area contributed by atoms with Gasteiger partial charge in [0, 0.05) is 16.0 Å². The minimum absolute atomic E-state index is 0.206. The number of carbonyl (C=O) groups excluding carboxylic acids is 1. The van der Waals surface area contributed by atoms with Crippen LogP contribution < -0.4 is 10.2 Å². The molecule has 4 rings (SSSR count). The van der Waals surface area contributed by atoms with Crippen LogP contribution in [0.15, 0.2) is 80.7 Å². The molecule has 0 aliphatic heterocycles. The zero-order valence-electron chi connectivity index (χ0n) is 15.9. The molecule has 0 saturated carbocycles. The van der Waals surface area contributed by atoms with E-state index in [0.717, 1.165) is 24.6 Å². The summed E-state index contributed by atoms with van der Waals surface area (Å²) >= 11 is 11.9. The predicted octanol–water partition coefficient (Wildman–Crippen LogP) is 6.80. The molecule has 1 N–H and O–H groups in total. The molecule has 0 aliphatic rings. The highest BCUT2D eigenvalue weighted by molar-refractivity contribution is 14.1. The lowest BCUT2D eigenvalue weighted by Crippen LogP contribution is -2.16. The number of hydrazone groups is 1. The Morgan fingerprint density at radius 1 is 1.16 bits per heavy atom. The number of hydrogen-bond acceptors (Lipinski definition) is 4. The van der Waals surface area contributed by atoms with Crippen molar-refractivity contribution in [2.45, 2.75) is 6.61 Å². The van der Waals surface area contributed by atoms with Crippen LogP contribution in [0.25, 0.3) is 11.0 Å². The Morgan fingerprint density at radius 2 is 1.94 bits per heavy atom. The molecule has 0 radical (unpaired) electrons. The molecule has 1 amide bonds. The van der Waals surface area contributed by atoms with Gasteiger partial charge >= 0.3 is 5.91 Å². The number of hydrogen-bond donors (Lipinski definition) is 1. The Morgan fingerprint density at radius 3 is 2.71 bits per heavy atom. The zero-order chi connectivity index (χ0) is 21.8. The number of benzene rings is 3. The van der Waals surface area contributed by atoms with Gasteiger partial charge in [-0.3, -0.25) is 4.79 Å². The maximum absolute atomic E-state index is 12.3. The molecular formula is C23H15BrClIN2O3. The number of para-hydroxylation sites is 1. The maximum Gasteiger partial charge on any atom is 0.307 e. The van der Waals surface area contributed by atoms with E-state index in [9.17, 15) is 4.79 Å². The number of halogens is 3. The van der Waals surface area contributed by atoms with Gasteiger partial charge in [0.1, 0.15) is 17.9 Å². The molecule has 5 nitrogen and oxygen atoms in total. The first-order valence-corrected chi connectivity index (χ1v) is 11.4. The lowest BCUT2D eigenvalue weighted by atomic mass is 10.2. The summed E-state index contributed by atoms with van der Waals surface area (Å²) in [6.45, 7) is 0.356. The highest BCUT2D eigenvalue weighted by Crippen LogP contribution is 2.32. The highest BCUT2D eigenvalue weighted by Gasteiger charge is 2.12. The van der Waals surface area contributed by atoms with E-state index in [1.807, 2.05) is 60.7 Å². The van der Waals surface area contributed by atoms with Gasteiger partial charge in [-0.25, -0.2) is 5.43 Å². The summed E-state index contributed by atoms with van der Waals surface area (Å²) in [5.41, 5.74) is 4.85. The smallest absolute Gasteiger partial charge is 0.307 e. The van der Waals surface area contributed by atoms with Crippen LogP contribution in [0.1, 0.15) is 21.7 Å². The second-order valence-corrected chi connectivity index (χ2v) is 8.97. The van der Waals surface area contributed by atoms with Gasteiger partial charge in [-0.1, -0.05) is 48.0 Å². The first-order chi connectivity index (χ1) is 15.0. The van der Waals surface area contributed by atoms with Gasteiger partial charge in [-0.2, -0.15) is 5.10 Å². The lowest BCUT2D eigenvalue weighted by Gasteiger charge is -2.12. The van der Waals surface area contributed by atoms with Crippen molar-refractivity contribution >= 4 is 73.2 Å². The van der Waals surface area contributed by atoms with Gasteiger partial charge in [-0.05, 0) is 74.4 Å². The number of furan rings is 1. The number of nitrogens with one attached hydrogen (secondary N) is 1. The number of fused-ring (bicyclic) bond motifs is 1. The Bertz CT molecular complexity index is 1230. The predicted molar refractivity (Wildman–Crippen MR) is 134 cm³/mol. The first kappa shape index (κ1) is 21.9. The fraction of sp³-hybridized carbons (Fsp3) is 0.0435. The number of ether oxygens (including phenoxy) is 1. The topological polar surface area (TPSA) is 63.8 Å². The number of amides is 1. The SMILES string of the molecule is O=C(N/N=C/c1cc(Br)c(OCc2ccccc2Cl)c(I)c1)c1cc2ccccc2o1. The summed E-state index contributed by atoms with van der Waals surface area (Å²) < 4.78 is 13.2. The van der Waals surface area contributed by atoms with E-state index in [2.05, 4.69) is 49.0 Å². The van der Waals surface area contributed by atoms with Crippen molar-refractivity contribution in [2.75, 3.05) is 0 Å². The summed E-state index contributed by atoms with van der Waals surface area (Å²) in [4.78, 5) is 12.3. The van der Waals surface area contributed by atoms with Crippen molar-refractivity contribution in [2.24, 2.45) is 5.10 Å². The second-order valence-electron chi connectivity index (χ2n) is 6.54. The molecule has 0 atom stereocenters. The van der Waals surface area contributed by atoms with Crippen LogP contribution in [-0.2, 0) is 6.61 Å². The molecule has 156 valence electrons. The van der Waals surface area contributed by atoms with E-state index in [1.54, 1.807) is 12.3 Å². The minimum Gasteiger partial charge on any atom is -0.487 e. The van der Waals surface area contributed by atoms with Crippen LogP contribution in [-0.4, -0.2) is 12.1 Å². The van der Waals surface area contributed by atoms with Gasteiger partial charge in [0.2, 0.25) is 0 Å². The van der Waals surface area contributed by atoms with Gasteiger partial charge in [0.05, 0.1) is 14.3 Å². The molecule has 0 unspecified atom stereocenters. The zero-order valence-corrected chi connectivity index (χ0v) is 20.4. The Balaban J connectivity index is 1.42. The van der Waals surface area contributed by atoms with E-state index in [0.29, 0.717) is 23.0 Å².